The molecule has 0 atom stereocenters. The number of rotatable bonds is 3. The number of thioether (sulfide) groups is 1. The Morgan fingerprint density at radius 2 is 2.00 bits per heavy atom. The molecule has 0 radical (unpaired) electrons. The van der Waals surface area contributed by atoms with Crippen LogP contribution in [0, 0.1) is 0 Å². The van der Waals surface area contributed by atoms with Gasteiger partial charge in [0.1, 0.15) is 6.42 Å². The third-order valence-corrected chi connectivity index (χ3v) is 3.79. The Morgan fingerprint density at radius 1 is 1.40 bits per heavy atom. The summed E-state index contributed by atoms with van der Waals surface area (Å²) in [6.45, 7) is 1.53. The summed E-state index contributed by atoms with van der Waals surface area (Å²) in [5.74, 6) is -0.562. The Hall–Kier alpha value is -0.710. The molecule has 0 unspecified atom stereocenters. The van der Waals surface area contributed by atoms with Gasteiger partial charge in [0.15, 0.2) is 0 Å². The first kappa shape index (κ1) is 12.4. The van der Waals surface area contributed by atoms with Crippen molar-refractivity contribution in [1.82, 2.24) is 4.90 Å². The molecule has 0 spiro atoms. The first-order valence-corrected chi connectivity index (χ1v) is 6.33. The van der Waals surface area contributed by atoms with Gasteiger partial charge >= 0.3 is 5.97 Å². The van der Waals surface area contributed by atoms with Gasteiger partial charge in [0.25, 0.3) is 0 Å². The summed E-state index contributed by atoms with van der Waals surface area (Å²) in [5.41, 5.74) is 0. The lowest BCUT2D eigenvalue weighted by atomic mass is 10.1. The zero-order valence-electron chi connectivity index (χ0n) is 9.19. The second kappa shape index (κ2) is 6.00. The van der Waals surface area contributed by atoms with Crippen LogP contribution in [0.25, 0.3) is 0 Å². The highest BCUT2D eigenvalue weighted by molar-refractivity contribution is 7.99. The van der Waals surface area contributed by atoms with Crippen LogP contribution < -0.4 is 0 Å². The van der Waals surface area contributed by atoms with Gasteiger partial charge in [-0.05, 0) is 19.1 Å². The van der Waals surface area contributed by atoms with E-state index in [2.05, 4.69) is 11.0 Å². The van der Waals surface area contributed by atoms with Gasteiger partial charge in [0.2, 0.25) is 5.91 Å². The van der Waals surface area contributed by atoms with E-state index >= 15 is 0 Å². The van der Waals surface area contributed by atoms with Crippen LogP contribution in [0.15, 0.2) is 0 Å². The van der Waals surface area contributed by atoms with Crippen LogP contribution in [0.4, 0.5) is 0 Å². The Morgan fingerprint density at radius 3 is 2.47 bits per heavy atom. The summed E-state index contributed by atoms with van der Waals surface area (Å²) in [5, 5.41) is 0.659. The minimum atomic E-state index is -0.452. The molecule has 1 fully saturated rings. The summed E-state index contributed by atoms with van der Waals surface area (Å²) < 4.78 is 4.46. The highest BCUT2D eigenvalue weighted by Crippen LogP contribution is 2.21. The first-order chi connectivity index (χ1) is 7.17. The van der Waals surface area contributed by atoms with Gasteiger partial charge in [-0.25, -0.2) is 0 Å². The van der Waals surface area contributed by atoms with E-state index in [4.69, 9.17) is 0 Å². The quantitative estimate of drug-likeness (QED) is 0.535. The summed E-state index contributed by atoms with van der Waals surface area (Å²) in [6, 6.07) is 0. The number of hydrogen-bond donors (Lipinski definition) is 0. The van der Waals surface area contributed by atoms with Crippen molar-refractivity contribution >= 4 is 23.6 Å². The summed E-state index contributed by atoms with van der Waals surface area (Å²) in [6.07, 6.45) is 4.01. The van der Waals surface area contributed by atoms with Crippen molar-refractivity contribution in [3.63, 3.8) is 0 Å². The van der Waals surface area contributed by atoms with E-state index in [1.54, 1.807) is 4.90 Å². The summed E-state index contributed by atoms with van der Waals surface area (Å²) in [4.78, 5) is 24.2. The lowest BCUT2D eigenvalue weighted by Gasteiger charge is -2.30. The Kier molecular flexibility index (Phi) is 4.94. The molecular weight excluding hydrogens is 214 g/mol. The minimum Gasteiger partial charge on any atom is -0.469 e. The number of carbonyl (C=O) groups is 2. The summed E-state index contributed by atoms with van der Waals surface area (Å²) >= 11 is 1.85. The largest absolute Gasteiger partial charge is 0.469 e. The van der Waals surface area contributed by atoms with E-state index in [0.717, 1.165) is 25.9 Å². The predicted molar refractivity (Wildman–Crippen MR) is 59.8 cm³/mol. The molecule has 15 heavy (non-hydrogen) atoms. The number of amides is 1. The van der Waals surface area contributed by atoms with E-state index in [9.17, 15) is 9.59 Å². The molecule has 0 aromatic heterocycles. The van der Waals surface area contributed by atoms with Crippen LogP contribution in [-0.2, 0) is 14.3 Å². The number of piperidine rings is 1. The fourth-order valence-electron chi connectivity index (χ4n) is 1.65. The number of ether oxygens (including phenoxy) is 1. The third-order valence-electron chi connectivity index (χ3n) is 2.65. The van der Waals surface area contributed by atoms with Gasteiger partial charge in [-0.3, -0.25) is 9.59 Å². The number of hydrogen-bond acceptors (Lipinski definition) is 4. The van der Waals surface area contributed by atoms with Gasteiger partial charge < -0.3 is 9.64 Å². The van der Waals surface area contributed by atoms with Crippen molar-refractivity contribution in [1.29, 1.82) is 0 Å². The standard InChI is InChI=1S/C10H17NO3S/c1-14-10(13)7-9(12)11-5-3-8(15-2)4-6-11/h8H,3-7H2,1-2H3. The molecule has 0 bridgehead atoms. The average molecular weight is 231 g/mol. The van der Waals surface area contributed by atoms with Crippen molar-refractivity contribution in [3.05, 3.63) is 0 Å². The molecule has 0 saturated carbocycles. The van der Waals surface area contributed by atoms with Crippen molar-refractivity contribution < 1.29 is 14.3 Å². The monoisotopic (exact) mass is 231 g/mol. The molecule has 1 amide bonds. The second-order valence-electron chi connectivity index (χ2n) is 3.57. The van der Waals surface area contributed by atoms with Crippen molar-refractivity contribution in [2.45, 2.75) is 24.5 Å². The predicted octanol–water partition coefficient (Wildman–Crippen LogP) is 0.903. The molecule has 4 nitrogen and oxygen atoms in total. The number of likely N-dealkylation sites (tertiary alicyclic amines) is 1. The normalized spacial score (nSPS) is 17.6. The number of nitrogens with zero attached hydrogens (tertiary/aromatic N) is 1. The number of methoxy groups -OCH3 is 1. The van der Waals surface area contributed by atoms with Crippen molar-refractivity contribution in [3.8, 4) is 0 Å². The van der Waals surface area contributed by atoms with Gasteiger partial charge in [0.05, 0.1) is 7.11 Å². The van der Waals surface area contributed by atoms with E-state index in [1.165, 1.54) is 7.11 Å². The molecule has 5 heteroatoms. The maximum atomic E-state index is 11.6. The zero-order valence-corrected chi connectivity index (χ0v) is 10.0. The molecule has 0 aliphatic carbocycles. The smallest absolute Gasteiger partial charge is 0.315 e. The Bertz CT molecular complexity index is 237. The molecule has 1 aliphatic rings. The van der Waals surface area contributed by atoms with Crippen LogP contribution >= 0.6 is 11.8 Å². The molecule has 86 valence electrons. The lowest BCUT2D eigenvalue weighted by molar-refractivity contribution is -0.147. The van der Waals surface area contributed by atoms with Crippen molar-refractivity contribution in [2.24, 2.45) is 0 Å². The SMILES string of the molecule is COC(=O)CC(=O)N1CCC(SC)CC1. The fourth-order valence-corrected chi connectivity index (χ4v) is 2.33. The van der Waals surface area contributed by atoms with E-state index in [0.29, 0.717) is 5.25 Å². The minimum absolute atomic E-state index is 0.110. The maximum absolute atomic E-state index is 11.6. The number of carbonyl (C=O) groups excluding carboxylic acids is 2. The Balaban J connectivity index is 2.33. The molecule has 1 rings (SSSR count). The third kappa shape index (κ3) is 3.74. The highest BCUT2D eigenvalue weighted by Gasteiger charge is 2.23. The van der Waals surface area contributed by atoms with Crippen LogP contribution in [-0.4, -0.2) is 48.5 Å². The molecule has 1 saturated heterocycles. The van der Waals surface area contributed by atoms with Crippen LogP contribution in [0.3, 0.4) is 0 Å². The van der Waals surface area contributed by atoms with E-state index < -0.39 is 5.97 Å². The molecular formula is C10H17NO3S. The van der Waals surface area contributed by atoms with Gasteiger partial charge in [-0.1, -0.05) is 0 Å². The Labute approximate surface area is 94.3 Å². The van der Waals surface area contributed by atoms with Gasteiger partial charge in [-0.15, -0.1) is 0 Å². The average Bonchev–Trinajstić information content (AvgIpc) is 2.29. The zero-order chi connectivity index (χ0) is 11.3. The molecule has 0 aromatic rings. The lowest BCUT2D eigenvalue weighted by Crippen LogP contribution is -2.40. The van der Waals surface area contributed by atoms with E-state index in [-0.39, 0.29) is 12.3 Å². The van der Waals surface area contributed by atoms with Gasteiger partial charge in [0, 0.05) is 18.3 Å². The van der Waals surface area contributed by atoms with Crippen LogP contribution in [0.1, 0.15) is 19.3 Å². The summed E-state index contributed by atoms with van der Waals surface area (Å²) in [7, 11) is 1.30. The molecule has 1 aliphatic heterocycles. The fraction of sp³-hybridized carbons (Fsp3) is 0.800. The highest BCUT2D eigenvalue weighted by atomic mass is 32.2. The topological polar surface area (TPSA) is 46.6 Å². The van der Waals surface area contributed by atoms with Crippen molar-refractivity contribution in [2.75, 3.05) is 26.5 Å². The van der Waals surface area contributed by atoms with Crippen LogP contribution in [0.2, 0.25) is 0 Å². The molecule has 0 aromatic carbocycles. The first-order valence-electron chi connectivity index (χ1n) is 5.04. The molecule has 0 N–H and O–H groups in total. The molecule has 1 heterocycles. The maximum Gasteiger partial charge on any atom is 0.315 e. The van der Waals surface area contributed by atoms with E-state index in [1.807, 2.05) is 11.8 Å². The number of esters is 1. The van der Waals surface area contributed by atoms with Gasteiger partial charge in [-0.2, -0.15) is 11.8 Å². The second-order valence-corrected chi connectivity index (χ2v) is 4.71. The van der Waals surface area contributed by atoms with Crippen LogP contribution in [0.5, 0.6) is 0 Å².